The first-order valence-electron chi connectivity index (χ1n) is 9.38. The van der Waals surface area contributed by atoms with Crippen LogP contribution in [-0.2, 0) is 14.8 Å². The number of benzene rings is 2. The van der Waals surface area contributed by atoms with Gasteiger partial charge in [-0.1, -0.05) is 18.2 Å². The van der Waals surface area contributed by atoms with E-state index in [2.05, 4.69) is 5.32 Å². The second-order valence-electron chi connectivity index (χ2n) is 7.21. The number of anilines is 1. The fraction of sp³-hybridized carbons (Fsp3) is 0.381. The molecule has 1 aliphatic heterocycles. The molecule has 156 valence electrons. The highest BCUT2D eigenvalue weighted by Gasteiger charge is 2.34. The first kappa shape index (κ1) is 21.0. The summed E-state index contributed by atoms with van der Waals surface area (Å²) in [5.41, 5.74) is 3.56. The smallest absolute Gasteiger partial charge is 0.263 e. The zero-order valence-corrected chi connectivity index (χ0v) is 17.9. The van der Waals surface area contributed by atoms with Gasteiger partial charge in [-0.3, -0.25) is 9.10 Å². The van der Waals surface area contributed by atoms with Gasteiger partial charge in [-0.15, -0.1) is 0 Å². The van der Waals surface area contributed by atoms with Crippen molar-refractivity contribution >= 4 is 21.6 Å². The van der Waals surface area contributed by atoms with Gasteiger partial charge in [-0.25, -0.2) is 8.42 Å². The lowest BCUT2D eigenvalue weighted by Gasteiger charge is -2.34. The summed E-state index contributed by atoms with van der Waals surface area (Å²) in [4.78, 5) is 12.6. The van der Waals surface area contributed by atoms with Crippen LogP contribution in [0.1, 0.15) is 16.7 Å². The molecule has 0 aliphatic carbocycles. The van der Waals surface area contributed by atoms with Gasteiger partial charge in [0, 0.05) is 0 Å². The number of sulfonamides is 1. The molecular weight excluding hydrogens is 392 g/mol. The molecule has 1 N–H and O–H groups in total. The van der Waals surface area contributed by atoms with Crippen LogP contribution in [0, 0.1) is 20.8 Å². The number of carbonyl (C=O) groups excluding carboxylic acids is 1. The standard InChI is InChI=1S/C21H26N2O5S/c1-14-8-9-19-17(12-14)23(29(4,25)26)13-20(28-19)21(24)22-10-11-27-18-7-5-6-15(2)16(18)3/h5-9,12,20H,10-11,13H2,1-4H3,(H,22,24)/t20-/m1/s1. The molecule has 0 saturated carbocycles. The highest BCUT2D eigenvalue weighted by molar-refractivity contribution is 7.92. The Labute approximate surface area is 171 Å². The lowest BCUT2D eigenvalue weighted by Crippen LogP contribution is -2.51. The molecule has 8 heteroatoms. The highest BCUT2D eigenvalue weighted by atomic mass is 32.2. The number of hydrogen-bond donors (Lipinski definition) is 1. The molecule has 0 unspecified atom stereocenters. The number of ether oxygens (including phenoxy) is 2. The molecule has 0 fully saturated rings. The maximum absolute atomic E-state index is 12.6. The fourth-order valence-electron chi connectivity index (χ4n) is 3.14. The van der Waals surface area contributed by atoms with Crippen LogP contribution in [0.2, 0.25) is 0 Å². The molecule has 1 heterocycles. The van der Waals surface area contributed by atoms with E-state index >= 15 is 0 Å². The Morgan fingerprint density at radius 2 is 2.00 bits per heavy atom. The van der Waals surface area contributed by atoms with Gasteiger partial charge in [-0.2, -0.15) is 0 Å². The Hall–Kier alpha value is -2.74. The molecule has 0 saturated heterocycles. The van der Waals surface area contributed by atoms with Gasteiger partial charge in [-0.05, 0) is 55.7 Å². The fourth-order valence-corrected chi connectivity index (χ4v) is 4.05. The number of amides is 1. The average molecular weight is 419 g/mol. The first-order valence-corrected chi connectivity index (χ1v) is 11.2. The third kappa shape index (κ3) is 4.82. The van der Waals surface area contributed by atoms with Gasteiger partial charge < -0.3 is 14.8 Å². The molecule has 2 aromatic carbocycles. The minimum Gasteiger partial charge on any atom is -0.491 e. The van der Waals surface area contributed by atoms with Crippen molar-refractivity contribution in [1.82, 2.24) is 5.32 Å². The van der Waals surface area contributed by atoms with Gasteiger partial charge in [0.1, 0.15) is 18.1 Å². The number of nitrogens with one attached hydrogen (secondary N) is 1. The van der Waals surface area contributed by atoms with Crippen LogP contribution in [0.3, 0.4) is 0 Å². The van der Waals surface area contributed by atoms with Gasteiger partial charge in [0.25, 0.3) is 5.91 Å². The van der Waals surface area contributed by atoms with Crippen LogP contribution >= 0.6 is 0 Å². The number of hydrogen-bond acceptors (Lipinski definition) is 5. The summed E-state index contributed by atoms with van der Waals surface area (Å²) in [6.07, 6.45) is 0.192. The Morgan fingerprint density at radius 1 is 1.24 bits per heavy atom. The van der Waals surface area contributed by atoms with Gasteiger partial charge in [0.2, 0.25) is 10.0 Å². The van der Waals surface area contributed by atoms with Crippen LogP contribution < -0.4 is 19.1 Å². The summed E-state index contributed by atoms with van der Waals surface area (Å²) in [5, 5.41) is 2.76. The largest absolute Gasteiger partial charge is 0.491 e. The van der Waals surface area contributed by atoms with E-state index in [4.69, 9.17) is 9.47 Å². The number of aryl methyl sites for hydroxylation is 2. The van der Waals surface area contributed by atoms with E-state index in [1.54, 1.807) is 12.1 Å². The Morgan fingerprint density at radius 3 is 2.72 bits per heavy atom. The van der Waals surface area contributed by atoms with E-state index in [1.165, 1.54) is 4.31 Å². The lowest BCUT2D eigenvalue weighted by atomic mass is 10.1. The van der Waals surface area contributed by atoms with E-state index in [1.807, 2.05) is 45.0 Å². The summed E-state index contributed by atoms with van der Waals surface area (Å²) < 4.78 is 37.2. The normalized spacial score (nSPS) is 16.0. The van der Waals surface area contributed by atoms with Crippen molar-refractivity contribution in [3.8, 4) is 11.5 Å². The number of fused-ring (bicyclic) bond motifs is 1. The maximum Gasteiger partial charge on any atom is 0.263 e. The van der Waals surface area contributed by atoms with Crippen molar-refractivity contribution in [2.75, 3.05) is 30.3 Å². The quantitative estimate of drug-likeness (QED) is 0.728. The van der Waals surface area contributed by atoms with Crippen LogP contribution in [-0.4, -0.2) is 46.4 Å². The Balaban J connectivity index is 1.62. The summed E-state index contributed by atoms with van der Waals surface area (Å²) in [7, 11) is -3.54. The molecule has 7 nitrogen and oxygen atoms in total. The SMILES string of the molecule is Cc1ccc2c(c1)N(S(C)(=O)=O)C[C@H](C(=O)NCCOc1cccc(C)c1C)O2. The summed E-state index contributed by atoms with van der Waals surface area (Å²) in [6.45, 7) is 6.38. The van der Waals surface area contributed by atoms with Crippen LogP contribution in [0.15, 0.2) is 36.4 Å². The van der Waals surface area contributed by atoms with E-state index < -0.39 is 16.1 Å². The van der Waals surface area contributed by atoms with Crippen molar-refractivity contribution < 1.29 is 22.7 Å². The van der Waals surface area contributed by atoms with Crippen molar-refractivity contribution in [2.24, 2.45) is 0 Å². The van der Waals surface area contributed by atoms with Crippen molar-refractivity contribution in [2.45, 2.75) is 26.9 Å². The average Bonchev–Trinajstić information content (AvgIpc) is 2.66. The molecule has 1 aliphatic rings. The monoisotopic (exact) mass is 418 g/mol. The van der Waals surface area contributed by atoms with Gasteiger partial charge in [0.15, 0.2) is 6.10 Å². The minimum absolute atomic E-state index is 0.0705. The van der Waals surface area contributed by atoms with Gasteiger partial charge >= 0.3 is 0 Å². The molecule has 0 spiro atoms. The van der Waals surface area contributed by atoms with E-state index in [-0.39, 0.29) is 19.0 Å². The molecule has 0 radical (unpaired) electrons. The predicted octanol–water partition coefficient (Wildman–Crippen LogP) is 2.33. The highest BCUT2D eigenvalue weighted by Crippen LogP contribution is 2.35. The summed E-state index contributed by atoms with van der Waals surface area (Å²) in [5.74, 6) is 0.772. The van der Waals surface area contributed by atoms with Crippen LogP contribution in [0.5, 0.6) is 11.5 Å². The number of carbonyl (C=O) groups is 1. The first-order chi connectivity index (χ1) is 13.7. The van der Waals surface area contributed by atoms with Crippen molar-refractivity contribution in [3.63, 3.8) is 0 Å². The third-order valence-electron chi connectivity index (χ3n) is 4.89. The molecule has 0 bridgehead atoms. The van der Waals surface area contributed by atoms with Crippen molar-refractivity contribution in [1.29, 1.82) is 0 Å². The van der Waals surface area contributed by atoms with E-state index in [9.17, 15) is 13.2 Å². The maximum atomic E-state index is 12.6. The van der Waals surface area contributed by atoms with E-state index in [0.29, 0.717) is 18.0 Å². The zero-order valence-electron chi connectivity index (χ0n) is 17.1. The third-order valence-corrected chi connectivity index (χ3v) is 6.04. The van der Waals surface area contributed by atoms with Gasteiger partial charge in [0.05, 0.1) is 25.0 Å². The lowest BCUT2D eigenvalue weighted by molar-refractivity contribution is -0.127. The number of rotatable bonds is 6. The second kappa shape index (κ2) is 8.32. The van der Waals surface area contributed by atoms with Crippen LogP contribution in [0.25, 0.3) is 0 Å². The van der Waals surface area contributed by atoms with Crippen molar-refractivity contribution in [3.05, 3.63) is 53.1 Å². The van der Waals surface area contributed by atoms with E-state index in [0.717, 1.165) is 28.7 Å². The molecule has 0 aromatic heterocycles. The summed E-state index contributed by atoms with van der Waals surface area (Å²) in [6, 6.07) is 11.1. The molecule has 1 amide bonds. The molecule has 1 atom stereocenters. The predicted molar refractivity (Wildman–Crippen MR) is 112 cm³/mol. The Bertz CT molecular complexity index is 1020. The molecule has 2 aromatic rings. The van der Waals surface area contributed by atoms with Crippen LogP contribution in [0.4, 0.5) is 5.69 Å². The second-order valence-corrected chi connectivity index (χ2v) is 9.12. The minimum atomic E-state index is -3.54. The number of nitrogens with zero attached hydrogens (tertiary/aromatic N) is 1. The molecule has 3 rings (SSSR count). The summed E-state index contributed by atoms with van der Waals surface area (Å²) >= 11 is 0. The molecule has 29 heavy (non-hydrogen) atoms. The topological polar surface area (TPSA) is 84.9 Å². The zero-order chi connectivity index (χ0) is 21.2. The molecular formula is C21H26N2O5S. The Kier molecular flexibility index (Phi) is 6.02.